The number of rotatable bonds is 7. The van der Waals surface area contributed by atoms with E-state index in [0.29, 0.717) is 37.4 Å². The summed E-state index contributed by atoms with van der Waals surface area (Å²) >= 11 is 1.10. The van der Waals surface area contributed by atoms with Crippen LogP contribution in [0.15, 0.2) is 0 Å². The Morgan fingerprint density at radius 1 is 1.30 bits per heavy atom. The van der Waals surface area contributed by atoms with E-state index in [2.05, 4.69) is 14.9 Å². The van der Waals surface area contributed by atoms with Gasteiger partial charge in [-0.1, -0.05) is 11.4 Å². The lowest BCUT2D eigenvalue weighted by Gasteiger charge is -2.26. The maximum absolute atomic E-state index is 12.0. The Bertz CT molecular complexity index is 525. The molecule has 0 saturated heterocycles. The summed E-state index contributed by atoms with van der Waals surface area (Å²) in [5.74, 6) is -0.155. The van der Waals surface area contributed by atoms with Crippen LogP contribution >= 0.6 is 11.5 Å². The van der Waals surface area contributed by atoms with Crippen LogP contribution in [0, 0.1) is 0 Å². The molecule has 0 radical (unpaired) electrons. The summed E-state index contributed by atoms with van der Waals surface area (Å²) in [6, 6.07) is 0. The van der Waals surface area contributed by atoms with Crippen molar-refractivity contribution in [2.24, 2.45) is 0 Å². The molecule has 0 atom stereocenters. The summed E-state index contributed by atoms with van der Waals surface area (Å²) in [6.45, 7) is 11.0. The molecule has 1 aromatic rings. The maximum Gasteiger partial charge on any atom is 0.410 e. The molecular weight excluding hydrogens is 316 g/mol. The zero-order valence-electron chi connectivity index (χ0n) is 14.5. The van der Waals surface area contributed by atoms with E-state index < -0.39 is 5.60 Å². The summed E-state index contributed by atoms with van der Waals surface area (Å²) in [5, 5.41) is 6.76. The molecule has 0 saturated carbocycles. The predicted molar refractivity (Wildman–Crippen MR) is 89.7 cm³/mol. The summed E-state index contributed by atoms with van der Waals surface area (Å²) in [6.07, 6.45) is 1.01. The van der Waals surface area contributed by atoms with Crippen molar-refractivity contribution in [1.29, 1.82) is 0 Å². The van der Waals surface area contributed by atoms with Crippen LogP contribution in [0.2, 0.25) is 0 Å². The van der Waals surface area contributed by atoms with E-state index in [-0.39, 0.29) is 12.0 Å². The van der Waals surface area contributed by atoms with E-state index >= 15 is 0 Å². The fourth-order valence-electron chi connectivity index (χ4n) is 1.87. The summed E-state index contributed by atoms with van der Waals surface area (Å²) in [7, 11) is 0. The Kier molecular flexibility index (Phi) is 7.41. The molecule has 0 aliphatic rings. The molecule has 1 aromatic heterocycles. The molecule has 1 N–H and O–H groups in total. The van der Waals surface area contributed by atoms with Gasteiger partial charge in [0, 0.05) is 19.6 Å². The van der Waals surface area contributed by atoms with Crippen LogP contribution in [0.25, 0.3) is 0 Å². The minimum atomic E-state index is -0.506. The van der Waals surface area contributed by atoms with E-state index in [1.165, 1.54) is 0 Å². The molecule has 0 aromatic carbocycles. The third-order valence-corrected chi connectivity index (χ3v) is 3.79. The smallest absolute Gasteiger partial charge is 0.410 e. The number of nitrogens with zero attached hydrogens (tertiary/aromatic N) is 3. The van der Waals surface area contributed by atoms with Crippen LogP contribution in [0.5, 0.6) is 0 Å². The van der Waals surface area contributed by atoms with Gasteiger partial charge in [-0.05, 0) is 52.1 Å². The Hall–Kier alpha value is -1.70. The number of hydrogen-bond acceptors (Lipinski definition) is 6. The van der Waals surface area contributed by atoms with E-state index in [9.17, 15) is 9.59 Å². The molecule has 0 aliphatic carbocycles. The third kappa shape index (κ3) is 6.52. The first-order chi connectivity index (χ1) is 10.8. The van der Waals surface area contributed by atoms with Crippen molar-refractivity contribution >= 4 is 23.5 Å². The summed E-state index contributed by atoms with van der Waals surface area (Å²) in [5.41, 5.74) is 0.213. The standard InChI is InChI=1S/C15H26N4O3S/c1-6-11-12(23-18-17-11)13(20)16-9-8-10-19(7-2)14(21)22-15(3,4)5/h6-10H2,1-5H3,(H,16,20). The largest absolute Gasteiger partial charge is 0.444 e. The Morgan fingerprint density at radius 3 is 2.57 bits per heavy atom. The van der Waals surface area contributed by atoms with Gasteiger partial charge in [-0.3, -0.25) is 4.79 Å². The second kappa shape index (κ2) is 8.81. The van der Waals surface area contributed by atoms with Crippen molar-refractivity contribution in [1.82, 2.24) is 19.8 Å². The van der Waals surface area contributed by atoms with E-state index in [0.717, 1.165) is 17.2 Å². The molecule has 1 heterocycles. The molecule has 0 unspecified atom stereocenters. The van der Waals surface area contributed by atoms with Crippen molar-refractivity contribution in [3.05, 3.63) is 10.6 Å². The van der Waals surface area contributed by atoms with Gasteiger partial charge in [0.2, 0.25) is 0 Å². The number of amides is 2. The highest BCUT2D eigenvalue weighted by Gasteiger charge is 2.21. The molecule has 0 bridgehead atoms. The minimum absolute atomic E-state index is 0.155. The fourth-order valence-corrected chi connectivity index (χ4v) is 2.54. The number of carbonyl (C=O) groups is 2. The Morgan fingerprint density at radius 2 is 2.00 bits per heavy atom. The van der Waals surface area contributed by atoms with Crippen molar-refractivity contribution in [2.75, 3.05) is 19.6 Å². The molecule has 130 valence electrons. The first-order valence-electron chi connectivity index (χ1n) is 7.85. The average molecular weight is 342 g/mol. The minimum Gasteiger partial charge on any atom is -0.444 e. The lowest BCUT2D eigenvalue weighted by Crippen LogP contribution is -2.38. The van der Waals surface area contributed by atoms with Gasteiger partial charge in [0.1, 0.15) is 10.5 Å². The molecular formula is C15H26N4O3S. The predicted octanol–water partition coefficient (Wildman–Crippen LogP) is 2.48. The molecule has 2 amide bonds. The second-order valence-electron chi connectivity index (χ2n) is 6.07. The highest BCUT2D eigenvalue weighted by molar-refractivity contribution is 7.08. The monoisotopic (exact) mass is 342 g/mol. The number of aromatic nitrogens is 2. The lowest BCUT2D eigenvalue weighted by molar-refractivity contribution is 0.0259. The van der Waals surface area contributed by atoms with Crippen LogP contribution in [0.3, 0.4) is 0 Å². The lowest BCUT2D eigenvalue weighted by atomic mass is 10.2. The van der Waals surface area contributed by atoms with E-state index in [4.69, 9.17) is 4.74 Å². The number of carbonyl (C=O) groups excluding carboxylic acids is 2. The first-order valence-corrected chi connectivity index (χ1v) is 8.63. The molecule has 0 spiro atoms. The topological polar surface area (TPSA) is 84.4 Å². The highest BCUT2D eigenvalue weighted by atomic mass is 32.1. The number of aryl methyl sites for hydroxylation is 1. The molecule has 0 aliphatic heterocycles. The van der Waals surface area contributed by atoms with Crippen LogP contribution in [-0.4, -0.2) is 51.7 Å². The number of nitrogens with one attached hydrogen (secondary N) is 1. The highest BCUT2D eigenvalue weighted by Crippen LogP contribution is 2.11. The molecule has 8 heteroatoms. The van der Waals surface area contributed by atoms with Crippen molar-refractivity contribution in [3.8, 4) is 0 Å². The normalized spacial score (nSPS) is 11.2. The molecule has 23 heavy (non-hydrogen) atoms. The SMILES string of the molecule is CCc1nnsc1C(=O)NCCCN(CC)C(=O)OC(C)(C)C. The van der Waals surface area contributed by atoms with Gasteiger partial charge >= 0.3 is 6.09 Å². The van der Waals surface area contributed by atoms with Crippen LogP contribution in [-0.2, 0) is 11.2 Å². The number of ether oxygens (including phenoxy) is 1. The maximum atomic E-state index is 12.0. The van der Waals surface area contributed by atoms with Crippen molar-refractivity contribution in [3.63, 3.8) is 0 Å². The van der Waals surface area contributed by atoms with E-state index in [1.807, 2.05) is 34.6 Å². The van der Waals surface area contributed by atoms with Crippen molar-refractivity contribution < 1.29 is 14.3 Å². The van der Waals surface area contributed by atoms with Gasteiger partial charge in [0.25, 0.3) is 5.91 Å². The molecule has 1 rings (SSSR count). The Labute approximate surface area is 141 Å². The van der Waals surface area contributed by atoms with Gasteiger partial charge in [0.05, 0.1) is 5.69 Å². The Balaban J connectivity index is 2.38. The van der Waals surface area contributed by atoms with E-state index in [1.54, 1.807) is 4.90 Å². The van der Waals surface area contributed by atoms with Crippen LogP contribution in [0.1, 0.15) is 56.4 Å². The first kappa shape index (κ1) is 19.3. The van der Waals surface area contributed by atoms with Gasteiger partial charge in [-0.15, -0.1) is 5.10 Å². The third-order valence-electron chi connectivity index (χ3n) is 3.02. The van der Waals surface area contributed by atoms with Gasteiger partial charge in [0.15, 0.2) is 0 Å². The quantitative estimate of drug-likeness (QED) is 0.770. The zero-order valence-corrected chi connectivity index (χ0v) is 15.3. The van der Waals surface area contributed by atoms with Gasteiger partial charge < -0.3 is 15.0 Å². The average Bonchev–Trinajstić information content (AvgIpc) is 2.93. The second-order valence-corrected chi connectivity index (χ2v) is 6.83. The molecule has 7 nitrogen and oxygen atoms in total. The van der Waals surface area contributed by atoms with Gasteiger partial charge in [-0.25, -0.2) is 4.79 Å². The van der Waals surface area contributed by atoms with Crippen molar-refractivity contribution in [2.45, 2.75) is 53.1 Å². The summed E-state index contributed by atoms with van der Waals surface area (Å²) in [4.78, 5) is 26.2. The number of hydrogen-bond donors (Lipinski definition) is 1. The van der Waals surface area contributed by atoms with Crippen LogP contribution in [0.4, 0.5) is 4.79 Å². The van der Waals surface area contributed by atoms with Gasteiger partial charge in [-0.2, -0.15) is 0 Å². The molecule has 0 fully saturated rings. The fraction of sp³-hybridized carbons (Fsp3) is 0.733. The zero-order chi connectivity index (χ0) is 17.5. The van der Waals surface area contributed by atoms with Crippen LogP contribution < -0.4 is 5.32 Å². The summed E-state index contributed by atoms with van der Waals surface area (Å²) < 4.78 is 9.15.